The molecule has 0 atom stereocenters. The highest BCUT2D eigenvalue weighted by molar-refractivity contribution is 5.95. The van der Waals surface area contributed by atoms with Gasteiger partial charge >= 0.3 is 0 Å². The normalized spacial score (nSPS) is 14.2. The highest BCUT2D eigenvalue weighted by atomic mass is 16.2. The molecular formula is C22H24N4O2. The molecule has 1 N–H and O–H groups in total. The third kappa shape index (κ3) is 3.76. The van der Waals surface area contributed by atoms with Crippen molar-refractivity contribution in [2.24, 2.45) is 0 Å². The molecule has 1 saturated heterocycles. The van der Waals surface area contributed by atoms with Crippen LogP contribution in [0, 0.1) is 6.92 Å². The molecule has 3 heterocycles. The summed E-state index contributed by atoms with van der Waals surface area (Å²) in [5.74, 6) is -0.153. The molecule has 0 unspecified atom stereocenters. The van der Waals surface area contributed by atoms with Crippen LogP contribution in [0.15, 0.2) is 48.7 Å². The summed E-state index contributed by atoms with van der Waals surface area (Å²) in [7, 11) is 0. The second kappa shape index (κ2) is 7.84. The molecule has 0 radical (unpaired) electrons. The van der Waals surface area contributed by atoms with Crippen LogP contribution in [0.3, 0.4) is 0 Å². The summed E-state index contributed by atoms with van der Waals surface area (Å²) in [6, 6.07) is 13.3. The number of aryl methyl sites for hydroxylation is 1. The second-order valence-corrected chi connectivity index (χ2v) is 7.26. The Morgan fingerprint density at radius 1 is 1.07 bits per heavy atom. The third-order valence-corrected chi connectivity index (χ3v) is 5.20. The Hall–Kier alpha value is -3.15. The van der Waals surface area contributed by atoms with Crippen LogP contribution in [0.2, 0.25) is 0 Å². The predicted octanol–water partition coefficient (Wildman–Crippen LogP) is 3.20. The highest BCUT2D eigenvalue weighted by Gasteiger charge is 2.18. The van der Waals surface area contributed by atoms with Gasteiger partial charge in [-0.15, -0.1) is 0 Å². The molecule has 4 rings (SSSR count). The maximum absolute atomic E-state index is 12.7. The number of carbonyl (C=O) groups is 2. The van der Waals surface area contributed by atoms with E-state index in [2.05, 4.69) is 10.3 Å². The van der Waals surface area contributed by atoms with Crippen molar-refractivity contribution in [2.75, 3.05) is 13.1 Å². The first-order valence-electron chi connectivity index (χ1n) is 9.73. The van der Waals surface area contributed by atoms with Crippen molar-refractivity contribution in [1.29, 1.82) is 0 Å². The second-order valence-electron chi connectivity index (χ2n) is 7.26. The molecular weight excluding hydrogens is 352 g/mol. The van der Waals surface area contributed by atoms with Crippen molar-refractivity contribution in [3.8, 4) is 0 Å². The number of carbonyl (C=O) groups excluding carboxylic acids is 2. The number of aromatic nitrogens is 2. The Morgan fingerprint density at radius 2 is 1.86 bits per heavy atom. The Bertz CT molecular complexity index is 1020. The highest BCUT2D eigenvalue weighted by Crippen LogP contribution is 2.15. The molecule has 2 aromatic heterocycles. The first-order chi connectivity index (χ1) is 13.6. The lowest BCUT2D eigenvalue weighted by Crippen LogP contribution is -2.35. The van der Waals surface area contributed by atoms with E-state index < -0.39 is 0 Å². The number of imidazole rings is 1. The zero-order valence-corrected chi connectivity index (χ0v) is 16.0. The van der Waals surface area contributed by atoms with E-state index in [9.17, 15) is 9.59 Å². The summed E-state index contributed by atoms with van der Waals surface area (Å²) in [6.07, 6.45) is 5.08. The monoisotopic (exact) mass is 376 g/mol. The van der Waals surface area contributed by atoms with Crippen LogP contribution in [0.5, 0.6) is 0 Å². The number of hydrogen-bond acceptors (Lipinski definition) is 3. The predicted molar refractivity (Wildman–Crippen MR) is 107 cm³/mol. The van der Waals surface area contributed by atoms with Gasteiger partial charge in [0.1, 0.15) is 11.3 Å². The maximum Gasteiger partial charge on any atom is 0.271 e. The summed E-state index contributed by atoms with van der Waals surface area (Å²) < 4.78 is 1.90. The van der Waals surface area contributed by atoms with Crippen molar-refractivity contribution < 1.29 is 9.59 Å². The van der Waals surface area contributed by atoms with Gasteiger partial charge in [-0.25, -0.2) is 4.98 Å². The van der Waals surface area contributed by atoms with Gasteiger partial charge < -0.3 is 14.6 Å². The van der Waals surface area contributed by atoms with Gasteiger partial charge in [0.05, 0.1) is 0 Å². The Morgan fingerprint density at radius 3 is 2.64 bits per heavy atom. The fourth-order valence-corrected chi connectivity index (χ4v) is 3.62. The van der Waals surface area contributed by atoms with Crippen LogP contribution in [0.4, 0.5) is 0 Å². The summed E-state index contributed by atoms with van der Waals surface area (Å²) in [6.45, 7) is 3.98. The van der Waals surface area contributed by atoms with Gasteiger partial charge in [-0.05, 0) is 56.0 Å². The minimum Gasteiger partial charge on any atom is -0.347 e. The van der Waals surface area contributed by atoms with Gasteiger partial charge in [0.25, 0.3) is 11.8 Å². The molecule has 28 heavy (non-hydrogen) atoms. The number of pyridine rings is 1. The molecule has 6 heteroatoms. The standard InChI is InChI=1S/C22H24N4O2/c1-16-7-5-10-20-24-19(15-26(16)20)21(27)23-14-17-8-6-9-18(13-17)22(28)25-11-3-2-4-12-25/h5-10,13,15H,2-4,11-12,14H2,1H3,(H,23,27). The molecule has 0 bridgehead atoms. The lowest BCUT2D eigenvalue weighted by molar-refractivity contribution is 0.0724. The Balaban J connectivity index is 1.43. The summed E-state index contributed by atoms with van der Waals surface area (Å²) >= 11 is 0. The zero-order valence-electron chi connectivity index (χ0n) is 16.0. The van der Waals surface area contributed by atoms with E-state index >= 15 is 0 Å². The van der Waals surface area contributed by atoms with E-state index in [4.69, 9.17) is 0 Å². The average molecular weight is 376 g/mol. The number of benzene rings is 1. The van der Waals surface area contributed by atoms with Gasteiger partial charge in [0, 0.05) is 37.1 Å². The minimum atomic E-state index is -0.226. The fourth-order valence-electron chi connectivity index (χ4n) is 3.62. The van der Waals surface area contributed by atoms with E-state index in [1.807, 2.05) is 58.7 Å². The number of rotatable bonds is 4. The van der Waals surface area contributed by atoms with Crippen LogP contribution < -0.4 is 5.32 Å². The molecule has 0 saturated carbocycles. The van der Waals surface area contributed by atoms with Gasteiger partial charge in [-0.1, -0.05) is 18.2 Å². The molecule has 1 aliphatic rings. The lowest BCUT2D eigenvalue weighted by Gasteiger charge is -2.26. The quantitative estimate of drug-likeness (QED) is 0.760. The minimum absolute atomic E-state index is 0.0729. The fraction of sp³-hybridized carbons (Fsp3) is 0.318. The van der Waals surface area contributed by atoms with Crippen molar-refractivity contribution in [2.45, 2.75) is 32.7 Å². The SMILES string of the molecule is Cc1cccc2nc(C(=O)NCc3cccc(C(=O)N4CCCCC4)c3)cn12. The number of likely N-dealkylation sites (tertiary alicyclic amines) is 1. The molecule has 6 nitrogen and oxygen atoms in total. The average Bonchev–Trinajstić information content (AvgIpc) is 3.18. The van der Waals surface area contributed by atoms with Crippen molar-refractivity contribution in [1.82, 2.24) is 19.6 Å². The smallest absolute Gasteiger partial charge is 0.271 e. The van der Waals surface area contributed by atoms with Gasteiger partial charge in [0.2, 0.25) is 0 Å². The molecule has 0 aliphatic carbocycles. The number of hydrogen-bond donors (Lipinski definition) is 1. The molecule has 2 amide bonds. The van der Waals surface area contributed by atoms with Crippen molar-refractivity contribution in [3.05, 3.63) is 71.2 Å². The Labute approximate surface area is 164 Å². The molecule has 3 aromatic rings. The summed E-state index contributed by atoms with van der Waals surface area (Å²) in [5.41, 5.74) is 3.73. The van der Waals surface area contributed by atoms with E-state index in [-0.39, 0.29) is 11.8 Å². The number of amides is 2. The van der Waals surface area contributed by atoms with Crippen LogP contribution in [0.1, 0.15) is 51.4 Å². The summed E-state index contributed by atoms with van der Waals surface area (Å²) in [4.78, 5) is 31.5. The van der Waals surface area contributed by atoms with E-state index in [0.717, 1.165) is 42.8 Å². The van der Waals surface area contributed by atoms with E-state index in [1.54, 1.807) is 6.20 Å². The van der Waals surface area contributed by atoms with Crippen molar-refractivity contribution >= 4 is 17.5 Å². The van der Waals surface area contributed by atoms with Crippen molar-refractivity contribution in [3.63, 3.8) is 0 Å². The van der Waals surface area contributed by atoms with Crippen LogP contribution in [-0.2, 0) is 6.54 Å². The number of nitrogens with zero attached hydrogens (tertiary/aromatic N) is 3. The molecule has 1 fully saturated rings. The third-order valence-electron chi connectivity index (χ3n) is 5.20. The molecule has 144 valence electrons. The molecule has 1 aliphatic heterocycles. The Kier molecular flexibility index (Phi) is 5.10. The van der Waals surface area contributed by atoms with Crippen LogP contribution in [0.25, 0.3) is 5.65 Å². The zero-order chi connectivity index (χ0) is 19.5. The lowest BCUT2D eigenvalue weighted by atomic mass is 10.1. The largest absolute Gasteiger partial charge is 0.347 e. The van der Waals surface area contributed by atoms with E-state index in [0.29, 0.717) is 17.8 Å². The summed E-state index contributed by atoms with van der Waals surface area (Å²) in [5, 5.41) is 2.90. The van der Waals surface area contributed by atoms with Gasteiger partial charge in [0.15, 0.2) is 0 Å². The number of fused-ring (bicyclic) bond motifs is 1. The van der Waals surface area contributed by atoms with Gasteiger partial charge in [-0.2, -0.15) is 0 Å². The number of nitrogens with one attached hydrogen (secondary N) is 1. The molecule has 0 spiro atoms. The van der Waals surface area contributed by atoms with Crippen LogP contribution >= 0.6 is 0 Å². The van der Waals surface area contributed by atoms with E-state index in [1.165, 1.54) is 6.42 Å². The first-order valence-corrected chi connectivity index (χ1v) is 9.73. The van der Waals surface area contributed by atoms with Crippen LogP contribution in [-0.4, -0.2) is 39.2 Å². The number of piperidine rings is 1. The molecule has 1 aromatic carbocycles. The maximum atomic E-state index is 12.7. The first kappa shape index (κ1) is 18.2. The van der Waals surface area contributed by atoms with Gasteiger partial charge in [-0.3, -0.25) is 9.59 Å². The topological polar surface area (TPSA) is 66.7 Å².